The first-order valence-electron chi connectivity index (χ1n) is 16.7. The van der Waals surface area contributed by atoms with Crippen LogP contribution in [-0.2, 0) is 60.5 Å². The van der Waals surface area contributed by atoms with Crippen molar-refractivity contribution in [2.75, 3.05) is 119 Å². The molecule has 0 bridgehead atoms. The summed E-state index contributed by atoms with van der Waals surface area (Å²) in [6.45, 7) is 16.2. The molecular formula is C32H55N5O10. The maximum atomic E-state index is 6.25. The first-order valence-corrected chi connectivity index (χ1v) is 16.7. The lowest BCUT2D eigenvalue weighted by atomic mass is 10.1. The van der Waals surface area contributed by atoms with E-state index in [-0.39, 0.29) is 18.0 Å². The van der Waals surface area contributed by atoms with Crippen molar-refractivity contribution in [1.29, 1.82) is 0 Å². The van der Waals surface area contributed by atoms with Gasteiger partial charge in [0.15, 0.2) is 12.5 Å². The maximum absolute atomic E-state index is 6.25. The predicted octanol–water partition coefficient (Wildman–Crippen LogP) is 2.07. The number of nitrogens with zero attached hydrogens (tertiary/aromatic N) is 5. The number of aromatic nitrogens is 4. The Balaban J connectivity index is 1.43. The summed E-state index contributed by atoms with van der Waals surface area (Å²) < 4.78 is 62.1. The monoisotopic (exact) mass is 669 g/mol. The third-order valence-corrected chi connectivity index (χ3v) is 7.56. The Morgan fingerprint density at radius 3 is 1.19 bits per heavy atom. The smallest absolute Gasteiger partial charge is 0.158 e. The highest BCUT2D eigenvalue weighted by molar-refractivity contribution is 5.00. The molecule has 2 fully saturated rings. The fourth-order valence-electron chi connectivity index (χ4n) is 4.92. The molecule has 2 aromatic heterocycles. The Kier molecular flexibility index (Phi) is 17.6. The molecule has 0 N–H and O–H groups in total. The van der Waals surface area contributed by atoms with Crippen LogP contribution >= 0.6 is 0 Å². The summed E-state index contributed by atoms with van der Waals surface area (Å²) >= 11 is 0. The van der Waals surface area contributed by atoms with Gasteiger partial charge in [0, 0.05) is 30.3 Å². The zero-order chi connectivity index (χ0) is 33.0. The lowest BCUT2D eigenvalue weighted by molar-refractivity contribution is -0.0823. The first kappa shape index (κ1) is 37.8. The molecule has 0 spiro atoms. The zero-order valence-electron chi connectivity index (χ0n) is 28.4. The van der Waals surface area contributed by atoms with Gasteiger partial charge >= 0.3 is 0 Å². The van der Waals surface area contributed by atoms with Crippen LogP contribution < -0.4 is 0 Å². The fraction of sp³-hybridized carbons (Fsp3) is 0.812. The van der Waals surface area contributed by atoms with Crippen molar-refractivity contribution in [3.8, 4) is 0 Å². The molecule has 4 rings (SSSR count). The van der Waals surface area contributed by atoms with E-state index in [0.29, 0.717) is 132 Å². The minimum atomic E-state index is -0.376. The van der Waals surface area contributed by atoms with Gasteiger partial charge in [0.05, 0.1) is 132 Å². The zero-order valence-corrected chi connectivity index (χ0v) is 28.4. The van der Waals surface area contributed by atoms with E-state index < -0.39 is 0 Å². The Hall–Kier alpha value is -2.02. The van der Waals surface area contributed by atoms with Crippen molar-refractivity contribution in [3.05, 3.63) is 36.4 Å². The van der Waals surface area contributed by atoms with Crippen molar-refractivity contribution in [2.24, 2.45) is 0 Å². The third-order valence-electron chi connectivity index (χ3n) is 7.56. The van der Waals surface area contributed by atoms with E-state index in [1.807, 2.05) is 21.5 Å². The molecule has 2 unspecified atom stereocenters. The van der Waals surface area contributed by atoms with Crippen LogP contribution in [0.2, 0.25) is 0 Å². The molecule has 2 aromatic rings. The lowest BCUT2D eigenvalue weighted by Crippen LogP contribution is -2.42. The van der Waals surface area contributed by atoms with Crippen LogP contribution in [0.3, 0.4) is 0 Å². The minimum Gasteiger partial charge on any atom is -0.377 e. The van der Waals surface area contributed by atoms with Gasteiger partial charge in [0.1, 0.15) is 11.6 Å². The van der Waals surface area contributed by atoms with Gasteiger partial charge in [-0.3, -0.25) is 4.90 Å². The van der Waals surface area contributed by atoms with Gasteiger partial charge in [-0.2, -0.15) is 0 Å². The van der Waals surface area contributed by atoms with Gasteiger partial charge in [0.2, 0.25) is 0 Å². The molecule has 2 atom stereocenters. The van der Waals surface area contributed by atoms with Gasteiger partial charge in [-0.05, 0) is 20.8 Å². The molecule has 0 saturated carbocycles. The van der Waals surface area contributed by atoms with Crippen LogP contribution in [0.1, 0.15) is 44.9 Å². The summed E-state index contributed by atoms with van der Waals surface area (Å²) in [6, 6.07) is 0. The topological polar surface area (TPSA) is 131 Å². The standard InChI is InChI=1S/C32H55N5O10/c1-32(2,3)35(24-28-33-4-6-36(28)30-26-44-18-16-40-10-8-38-12-14-42-20-22-46-30)25-29-34-5-7-37(29)31-27-45-19-17-41-11-9-39-13-15-43-21-23-47-31/h4-7,30-31H,8-27H2,1-3H3. The van der Waals surface area contributed by atoms with Crippen LogP contribution in [0.5, 0.6) is 0 Å². The number of imidazole rings is 2. The molecule has 47 heavy (non-hydrogen) atoms. The summed E-state index contributed by atoms with van der Waals surface area (Å²) in [7, 11) is 0. The quantitative estimate of drug-likeness (QED) is 0.445. The lowest BCUT2D eigenvalue weighted by Gasteiger charge is -2.36. The van der Waals surface area contributed by atoms with E-state index in [9.17, 15) is 0 Å². The third kappa shape index (κ3) is 14.2. The highest BCUT2D eigenvalue weighted by Crippen LogP contribution is 2.23. The normalized spacial score (nSPS) is 23.7. The number of hydrogen-bond acceptors (Lipinski definition) is 13. The maximum Gasteiger partial charge on any atom is 0.158 e. The van der Waals surface area contributed by atoms with Crippen molar-refractivity contribution in [2.45, 2.75) is 51.9 Å². The first-order chi connectivity index (χ1) is 23.0. The highest BCUT2D eigenvalue weighted by atomic mass is 16.6. The van der Waals surface area contributed by atoms with Gasteiger partial charge in [-0.15, -0.1) is 0 Å². The van der Waals surface area contributed by atoms with E-state index in [1.165, 1.54) is 0 Å². The second kappa shape index (κ2) is 21.8. The van der Waals surface area contributed by atoms with E-state index >= 15 is 0 Å². The average Bonchev–Trinajstić information content (AvgIpc) is 3.71. The molecular weight excluding hydrogens is 614 g/mol. The molecule has 15 heteroatoms. The number of rotatable bonds is 6. The second-order valence-electron chi connectivity index (χ2n) is 12.0. The fourth-order valence-corrected chi connectivity index (χ4v) is 4.92. The molecule has 0 amide bonds. The Labute approximate surface area is 278 Å². The van der Waals surface area contributed by atoms with Gasteiger partial charge in [0.25, 0.3) is 0 Å². The summed E-state index contributed by atoms with van der Waals surface area (Å²) in [5, 5.41) is 0. The van der Waals surface area contributed by atoms with E-state index in [1.54, 1.807) is 12.4 Å². The van der Waals surface area contributed by atoms with Gasteiger partial charge in [-0.25, -0.2) is 9.97 Å². The molecule has 15 nitrogen and oxygen atoms in total. The Bertz CT molecular complexity index is 973. The number of hydrogen-bond donors (Lipinski definition) is 0. The summed E-state index contributed by atoms with van der Waals surface area (Å²) in [5.41, 5.74) is -0.216. The van der Waals surface area contributed by atoms with Crippen molar-refractivity contribution < 1.29 is 47.4 Å². The van der Waals surface area contributed by atoms with Gasteiger partial charge in [-0.1, -0.05) is 0 Å². The van der Waals surface area contributed by atoms with Crippen LogP contribution in [0, 0.1) is 0 Å². The van der Waals surface area contributed by atoms with Crippen molar-refractivity contribution >= 4 is 0 Å². The van der Waals surface area contributed by atoms with E-state index in [2.05, 4.69) is 25.7 Å². The molecule has 4 heterocycles. The number of ether oxygens (including phenoxy) is 10. The van der Waals surface area contributed by atoms with Crippen LogP contribution in [0.4, 0.5) is 0 Å². The molecule has 0 aromatic carbocycles. The summed E-state index contributed by atoms with van der Waals surface area (Å²) in [4.78, 5) is 11.8. The van der Waals surface area contributed by atoms with Crippen molar-refractivity contribution in [3.63, 3.8) is 0 Å². The van der Waals surface area contributed by atoms with Gasteiger partial charge < -0.3 is 56.5 Å². The van der Waals surface area contributed by atoms with Crippen LogP contribution in [-0.4, -0.2) is 148 Å². The Morgan fingerprint density at radius 1 is 0.532 bits per heavy atom. The van der Waals surface area contributed by atoms with Crippen molar-refractivity contribution in [1.82, 2.24) is 24.0 Å². The minimum absolute atomic E-state index is 0.216. The molecule has 0 radical (unpaired) electrons. The average molecular weight is 670 g/mol. The highest BCUT2D eigenvalue weighted by Gasteiger charge is 2.28. The van der Waals surface area contributed by atoms with Crippen LogP contribution in [0.15, 0.2) is 24.8 Å². The van der Waals surface area contributed by atoms with Crippen LogP contribution in [0.25, 0.3) is 0 Å². The van der Waals surface area contributed by atoms with E-state index in [4.69, 9.17) is 57.3 Å². The predicted molar refractivity (Wildman–Crippen MR) is 170 cm³/mol. The molecule has 2 saturated heterocycles. The second-order valence-corrected chi connectivity index (χ2v) is 12.0. The Morgan fingerprint density at radius 2 is 0.851 bits per heavy atom. The SMILES string of the molecule is CC(C)(C)N(Cc1nccn1C1COCCOCCOCCOCCO1)Cc1nccn1C1COCCOCCOCCOCCO1. The van der Waals surface area contributed by atoms with E-state index in [0.717, 1.165) is 11.6 Å². The molecule has 0 aliphatic carbocycles. The summed E-state index contributed by atoms with van der Waals surface area (Å²) in [5.74, 6) is 1.70. The molecule has 268 valence electrons. The molecule has 2 aliphatic heterocycles. The molecule has 2 aliphatic rings. The summed E-state index contributed by atoms with van der Waals surface area (Å²) in [6.07, 6.45) is 6.72. The largest absolute Gasteiger partial charge is 0.377 e.